The Labute approximate surface area is 176 Å². The molecule has 1 aliphatic heterocycles. The molecule has 11 heteroatoms. The minimum atomic E-state index is -0.417. The molecule has 0 fully saturated rings. The van der Waals surface area contributed by atoms with Gasteiger partial charge in [-0.25, -0.2) is 24.0 Å². The van der Waals surface area contributed by atoms with Crippen LogP contribution in [0.5, 0.6) is 0 Å². The van der Waals surface area contributed by atoms with E-state index < -0.39 is 5.82 Å². The Kier molecular flexibility index (Phi) is 4.71. The van der Waals surface area contributed by atoms with Crippen LogP contribution < -0.4 is 10.2 Å². The number of hydrogen-bond donors (Lipinski definition) is 3. The highest BCUT2D eigenvalue weighted by Crippen LogP contribution is 2.30. The molecule has 1 aliphatic rings. The first kappa shape index (κ1) is 19.0. The molecule has 0 bridgehead atoms. The van der Waals surface area contributed by atoms with Crippen molar-refractivity contribution in [3.05, 3.63) is 54.3 Å². The molecule has 4 aromatic rings. The average molecular weight is 419 g/mol. The maximum Gasteiger partial charge on any atom is 0.146 e. The van der Waals surface area contributed by atoms with E-state index in [4.69, 9.17) is 5.41 Å². The van der Waals surface area contributed by atoms with Crippen molar-refractivity contribution in [3.63, 3.8) is 0 Å². The van der Waals surface area contributed by atoms with Gasteiger partial charge in [-0.2, -0.15) is 10.2 Å². The van der Waals surface area contributed by atoms with E-state index in [9.17, 15) is 4.39 Å². The maximum atomic E-state index is 14.6. The number of aromatic nitrogens is 7. The molecule has 0 unspecified atom stereocenters. The molecule has 0 saturated heterocycles. The van der Waals surface area contributed by atoms with Gasteiger partial charge in [0.25, 0.3) is 0 Å². The molecule has 4 heterocycles. The topological polar surface area (TPSA) is 129 Å². The van der Waals surface area contributed by atoms with Gasteiger partial charge in [0.15, 0.2) is 0 Å². The van der Waals surface area contributed by atoms with Crippen LogP contribution in [-0.4, -0.2) is 54.7 Å². The number of benzene rings is 1. The Morgan fingerprint density at radius 1 is 1.19 bits per heavy atom. The van der Waals surface area contributed by atoms with Gasteiger partial charge >= 0.3 is 0 Å². The molecule has 0 saturated carbocycles. The molecule has 31 heavy (non-hydrogen) atoms. The van der Waals surface area contributed by atoms with Gasteiger partial charge in [0.05, 0.1) is 36.9 Å². The molecule has 4 N–H and O–H groups in total. The molecule has 0 spiro atoms. The minimum absolute atomic E-state index is 0.341. The molecular weight excluding hydrogens is 399 g/mol. The van der Waals surface area contributed by atoms with Gasteiger partial charge in [-0.05, 0) is 6.07 Å². The predicted molar refractivity (Wildman–Crippen MR) is 113 cm³/mol. The highest BCUT2D eigenvalue weighted by molar-refractivity contribution is 6.09. The van der Waals surface area contributed by atoms with Crippen molar-refractivity contribution in [1.29, 1.82) is 5.41 Å². The second-order valence-corrected chi connectivity index (χ2v) is 7.13. The van der Waals surface area contributed by atoms with E-state index >= 15 is 0 Å². The summed E-state index contributed by atoms with van der Waals surface area (Å²) >= 11 is 0. The summed E-state index contributed by atoms with van der Waals surface area (Å²) in [5, 5.41) is 21.6. The van der Waals surface area contributed by atoms with Crippen molar-refractivity contribution in [3.8, 4) is 11.4 Å². The molecule has 156 valence electrons. The Morgan fingerprint density at radius 2 is 2.10 bits per heavy atom. The number of hydrogen-bond acceptors (Lipinski definition) is 7. The van der Waals surface area contributed by atoms with Crippen LogP contribution >= 0.6 is 0 Å². The predicted octanol–water partition coefficient (Wildman–Crippen LogP) is 0.954. The van der Waals surface area contributed by atoms with Crippen molar-refractivity contribution < 1.29 is 9.71 Å². The third-order valence-corrected chi connectivity index (χ3v) is 5.29. The number of nitrogens with one attached hydrogen (secondary N) is 2. The number of halogens is 1. The summed E-state index contributed by atoms with van der Waals surface area (Å²) in [6.45, 7) is 2.09. The second kappa shape index (κ2) is 7.69. The Hall–Kier alpha value is -3.99. The van der Waals surface area contributed by atoms with Crippen LogP contribution in [0.15, 0.2) is 37.1 Å². The standard InChI is InChI=1S/C20H19FN10/c1-23-8-12(7-22)13-4-14-16(5-15(13)21)28-29-20(14)17-6-18(25-10-24-17)30-2-3-31-19(9-30)26-11-27-31/h4-8,10-11,22-23H,2-3,9H2,1H3,(H,28,29)/p+1/b12-8+,22-7?. The smallest absolute Gasteiger partial charge is 0.146 e. The average Bonchev–Trinajstić information content (AvgIpc) is 3.43. The lowest BCUT2D eigenvalue weighted by Gasteiger charge is -2.27. The number of anilines is 1. The van der Waals surface area contributed by atoms with Crippen LogP contribution in [-0.2, 0) is 13.1 Å². The minimum Gasteiger partial charge on any atom is -0.347 e. The molecule has 0 radical (unpaired) electrons. The number of aromatic amines is 1. The quantitative estimate of drug-likeness (QED) is 0.413. The van der Waals surface area contributed by atoms with Crippen LogP contribution in [0.1, 0.15) is 11.4 Å². The zero-order chi connectivity index (χ0) is 21.4. The van der Waals surface area contributed by atoms with E-state index in [2.05, 4.69) is 35.1 Å². The number of quaternary nitrogens is 1. The summed E-state index contributed by atoms with van der Waals surface area (Å²) in [5.74, 6) is 1.23. The lowest BCUT2D eigenvalue weighted by atomic mass is 10.0. The third kappa shape index (κ3) is 3.34. The number of nitrogens with two attached hydrogens (primary N) is 1. The first-order valence-electron chi connectivity index (χ1n) is 9.80. The van der Waals surface area contributed by atoms with Gasteiger partial charge in [0, 0.05) is 35.8 Å². The number of nitrogens with zero attached hydrogens (tertiary/aromatic N) is 7. The normalized spacial score (nSPS) is 14.1. The van der Waals surface area contributed by atoms with E-state index in [-0.39, 0.29) is 0 Å². The summed E-state index contributed by atoms with van der Waals surface area (Å²) < 4.78 is 16.5. The van der Waals surface area contributed by atoms with Gasteiger partial charge in [0.2, 0.25) is 0 Å². The molecule has 0 amide bonds. The fourth-order valence-corrected chi connectivity index (χ4v) is 3.76. The Morgan fingerprint density at radius 3 is 2.94 bits per heavy atom. The number of fused-ring (bicyclic) bond motifs is 2. The largest absolute Gasteiger partial charge is 0.347 e. The van der Waals surface area contributed by atoms with Gasteiger partial charge in [-0.3, -0.25) is 5.10 Å². The monoisotopic (exact) mass is 419 g/mol. The number of rotatable bonds is 5. The summed E-state index contributed by atoms with van der Waals surface area (Å²) in [4.78, 5) is 15.2. The van der Waals surface area contributed by atoms with Crippen LogP contribution in [0.3, 0.4) is 0 Å². The fourth-order valence-electron chi connectivity index (χ4n) is 3.76. The summed E-state index contributed by atoms with van der Waals surface area (Å²) in [7, 11) is 1.83. The molecule has 10 nitrogen and oxygen atoms in total. The van der Waals surface area contributed by atoms with E-state index in [0.717, 1.165) is 36.3 Å². The molecule has 1 aromatic carbocycles. The molecule has 3 aromatic heterocycles. The Bertz CT molecular complexity index is 1300. The van der Waals surface area contributed by atoms with E-state index in [1.165, 1.54) is 12.4 Å². The van der Waals surface area contributed by atoms with E-state index in [0.29, 0.717) is 34.6 Å². The van der Waals surface area contributed by atoms with Crippen molar-refractivity contribution in [2.45, 2.75) is 13.1 Å². The molecule has 5 rings (SSSR count). The number of H-pyrrole nitrogens is 1. The second-order valence-electron chi connectivity index (χ2n) is 7.13. The summed E-state index contributed by atoms with van der Waals surface area (Å²) in [6, 6.07) is 4.97. The van der Waals surface area contributed by atoms with Gasteiger partial charge in [0.1, 0.15) is 42.0 Å². The molecule has 0 atom stereocenters. The molecular formula is C20H20FN10+. The van der Waals surface area contributed by atoms with Gasteiger partial charge in [-0.1, -0.05) is 0 Å². The first-order chi connectivity index (χ1) is 15.2. The zero-order valence-electron chi connectivity index (χ0n) is 16.7. The van der Waals surface area contributed by atoms with Crippen molar-refractivity contribution >= 4 is 28.5 Å². The summed E-state index contributed by atoms with van der Waals surface area (Å²) in [5.41, 5.74) is 2.61. The van der Waals surface area contributed by atoms with Crippen LogP contribution in [0.4, 0.5) is 10.2 Å². The van der Waals surface area contributed by atoms with Gasteiger partial charge in [-0.15, -0.1) is 0 Å². The highest BCUT2D eigenvalue weighted by Gasteiger charge is 2.21. The van der Waals surface area contributed by atoms with Crippen LogP contribution in [0, 0.1) is 11.2 Å². The highest BCUT2D eigenvalue weighted by atomic mass is 19.1. The van der Waals surface area contributed by atoms with E-state index in [1.807, 2.05) is 17.8 Å². The number of allylic oxidation sites excluding steroid dienone is 1. The van der Waals surface area contributed by atoms with E-state index in [1.54, 1.807) is 23.9 Å². The first-order valence-corrected chi connectivity index (χ1v) is 9.80. The van der Waals surface area contributed by atoms with Crippen molar-refractivity contribution in [2.24, 2.45) is 0 Å². The van der Waals surface area contributed by atoms with Gasteiger partial charge < -0.3 is 15.6 Å². The fraction of sp³-hybridized carbons (Fsp3) is 0.200. The maximum absolute atomic E-state index is 14.6. The van der Waals surface area contributed by atoms with Crippen molar-refractivity contribution in [1.82, 2.24) is 34.9 Å². The molecule has 0 aliphatic carbocycles. The Balaban J connectivity index is 1.55. The zero-order valence-corrected chi connectivity index (χ0v) is 16.7. The van der Waals surface area contributed by atoms with Crippen LogP contribution in [0.25, 0.3) is 27.9 Å². The van der Waals surface area contributed by atoms with Crippen LogP contribution in [0.2, 0.25) is 0 Å². The SMILES string of the molecule is C[NH2+]/C=C(\C=N)c1cc2c(-c3cc(N4CCn5ncnc5C4)ncn3)n[nH]c2cc1F. The third-order valence-electron chi connectivity index (χ3n) is 5.29. The lowest BCUT2D eigenvalue weighted by Crippen LogP contribution is -2.72. The lowest BCUT2D eigenvalue weighted by molar-refractivity contribution is -0.555. The summed E-state index contributed by atoms with van der Waals surface area (Å²) in [6.07, 6.45) is 5.91. The van der Waals surface area contributed by atoms with Crippen molar-refractivity contribution in [2.75, 3.05) is 18.5 Å².